The summed E-state index contributed by atoms with van der Waals surface area (Å²) in [5.74, 6) is 0.811. The van der Waals surface area contributed by atoms with Gasteiger partial charge in [-0.15, -0.1) is 0 Å². The van der Waals surface area contributed by atoms with Crippen molar-refractivity contribution in [1.82, 2.24) is 0 Å². The Morgan fingerprint density at radius 3 is 2.00 bits per heavy atom. The van der Waals surface area contributed by atoms with Gasteiger partial charge in [-0.3, -0.25) is 0 Å². The van der Waals surface area contributed by atoms with E-state index < -0.39 is 68.0 Å². The van der Waals surface area contributed by atoms with Gasteiger partial charge in [0, 0.05) is 12.4 Å². The van der Waals surface area contributed by atoms with Crippen molar-refractivity contribution in [2.75, 3.05) is 24.7 Å². The standard InChI is InChI=1S/C17H32O10S2/c18-6-8-15(27-17-13(22)11(20)10(19)9(7-29)26-17)12(21)14(23)16(25-8)24-4-2-1-3-5-28/h8-23,28-29H,1-7H2/t8?,9?,10-,11-,12?,13?,14?,15-,16+,17-/m0/s1. The van der Waals surface area contributed by atoms with Gasteiger partial charge in [0.05, 0.1) is 12.7 Å². The van der Waals surface area contributed by atoms with Gasteiger partial charge in [0.15, 0.2) is 12.6 Å². The summed E-state index contributed by atoms with van der Waals surface area (Å²) >= 11 is 8.15. The first-order valence-corrected chi connectivity index (χ1v) is 10.9. The minimum absolute atomic E-state index is 0.0454. The van der Waals surface area contributed by atoms with Crippen molar-refractivity contribution < 1.29 is 49.6 Å². The molecule has 5 unspecified atom stereocenters. The molecule has 10 atom stereocenters. The van der Waals surface area contributed by atoms with E-state index in [0.29, 0.717) is 6.61 Å². The quantitative estimate of drug-likeness (QED) is 0.131. The van der Waals surface area contributed by atoms with E-state index in [4.69, 9.17) is 18.9 Å². The summed E-state index contributed by atoms with van der Waals surface area (Å²) in [6.45, 7) is -0.262. The highest BCUT2D eigenvalue weighted by Gasteiger charge is 2.50. The maximum absolute atomic E-state index is 10.5. The number of rotatable bonds is 10. The maximum atomic E-state index is 10.5. The normalized spacial score (nSPS) is 43.4. The molecule has 10 nitrogen and oxygen atoms in total. The van der Waals surface area contributed by atoms with Gasteiger partial charge in [-0.05, 0) is 18.6 Å². The van der Waals surface area contributed by atoms with Crippen molar-refractivity contribution in [1.29, 1.82) is 0 Å². The van der Waals surface area contributed by atoms with Gasteiger partial charge in [0.2, 0.25) is 0 Å². The SMILES string of the molecule is OCC1O[C@@H](OCCCCCS)C(O)C(O)[C@H]1O[C@@H]1OC(CS)[C@H](O)[C@H](O)C1O. The Morgan fingerprint density at radius 2 is 1.38 bits per heavy atom. The predicted octanol–water partition coefficient (Wildman–Crippen LogP) is -2.34. The first-order valence-electron chi connectivity index (χ1n) is 9.66. The molecule has 0 amide bonds. The predicted molar refractivity (Wildman–Crippen MR) is 107 cm³/mol. The van der Waals surface area contributed by atoms with E-state index in [1.165, 1.54) is 0 Å². The lowest BCUT2D eigenvalue weighted by Gasteiger charge is -2.46. The number of ether oxygens (including phenoxy) is 4. The van der Waals surface area contributed by atoms with Gasteiger partial charge in [-0.2, -0.15) is 25.3 Å². The van der Waals surface area contributed by atoms with Crippen LogP contribution in [0.2, 0.25) is 0 Å². The fraction of sp³-hybridized carbons (Fsp3) is 1.00. The molecule has 2 rings (SSSR count). The van der Waals surface area contributed by atoms with Crippen LogP contribution in [-0.2, 0) is 18.9 Å². The van der Waals surface area contributed by atoms with Crippen LogP contribution in [0.3, 0.4) is 0 Å². The van der Waals surface area contributed by atoms with Gasteiger partial charge in [-0.1, -0.05) is 6.42 Å². The van der Waals surface area contributed by atoms with Gasteiger partial charge in [0.1, 0.15) is 42.7 Å². The van der Waals surface area contributed by atoms with Gasteiger partial charge in [0.25, 0.3) is 0 Å². The summed E-state index contributed by atoms with van der Waals surface area (Å²) in [7, 11) is 0. The molecule has 0 radical (unpaired) electrons. The van der Waals surface area contributed by atoms with E-state index in [0.717, 1.165) is 25.0 Å². The van der Waals surface area contributed by atoms with E-state index in [2.05, 4.69) is 25.3 Å². The van der Waals surface area contributed by atoms with Crippen LogP contribution in [0.5, 0.6) is 0 Å². The molecule has 2 aliphatic heterocycles. The molecule has 2 aliphatic rings. The molecule has 29 heavy (non-hydrogen) atoms. The number of unbranched alkanes of at least 4 members (excludes halogenated alkanes) is 2. The fourth-order valence-electron chi connectivity index (χ4n) is 3.28. The summed E-state index contributed by atoms with van der Waals surface area (Å²) in [5, 5.41) is 60.5. The minimum Gasteiger partial charge on any atom is -0.394 e. The third kappa shape index (κ3) is 6.40. The summed E-state index contributed by atoms with van der Waals surface area (Å²) in [6.07, 6.45) is -10.9. The molecular formula is C17H32O10S2. The van der Waals surface area contributed by atoms with Crippen LogP contribution in [0.15, 0.2) is 0 Å². The van der Waals surface area contributed by atoms with Crippen LogP contribution < -0.4 is 0 Å². The minimum atomic E-state index is -1.62. The third-order valence-corrected chi connectivity index (χ3v) is 5.72. The Kier molecular flexibility index (Phi) is 10.9. The Morgan fingerprint density at radius 1 is 0.724 bits per heavy atom. The maximum Gasteiger partial charge on any atom is 0.187 e. The van der Waals surface area contributed by atoms with Crippen molar-refractivity contribution in [3.63, 3.8) is 0 Å². The number of hydrogen-bond donors (Lipinski definition) is 8. The highest BCUT2D eigenvalue weighted by atomic mass is 32.1. The Labute approximate surface area is 180 Å². The average molecular weight is 461 g/mol. The van der Waals surface area contributed by atoms with Crippen LogP contribution in [0.1, 0.15) is 19.3 Å². The second kappa shape index (κ2) is 12.4. The molecular weight excluding hydrogens is 428 g/mol. The highest BCUT2D eigenvalue weighted by Crippen LogP contribution is 2.29. The molecule has 0 aliphatic carbocycles. The molecule has 2 heterocycles. The van der Waals surface area contributed by atoms with Crippen molar-refractivity contribution in [2.45, 2.75) is 80.7 Å². The van der Waals surface area contributed by atoms with Crippen LogP contribution in [0.25, 0.3) is 0 Å². The fourth-order valence-corrected chi connectivity index (χ4v) is 3.81. The van der Waals surface area contributed by atoms with E-state index in [1.807, 2.05) is 0 Å². The molecule has 172 valence electrons. The second-order valence-electron chi connectivity index (χ2n) is 7.16. The van der Waals surface area contributed by atoms with Gasteiger partial charge >= 0.3 is 0 Å². The Bertz CT molecular complexity index is 471. The third-order valence-electron chi connectivity index (χ3n) is 5.04. The smallest absolute Gasteiger partial charge is 0.187 e. The molecule has 0 aromatic rings. The van der Waals surface area contributed by atoms with Crippen molar-refractivity contribution >= 4 is 25.3 Å². The van der Waals surface area contributed by atoms with E-state index >= 15 is 0 Å². The van der Waals surface area contributed by atoms with E-state index in [-0.39, 0.29) is 5.75 Å². The number of aliphatic hydroxyl groups excluding tert-OH is 6. The summed E-state index contributed by atoms with van der Waals surface area (Å²) in [5.41, 5.74) is 0. The zero-order valence-electron chi connectivity index (χ0n) is 15.9. The zero-order valence-corrected chi connectivity index (χ0v) is 17.7. The van der Waals surface area contributed by atoms with Crippen molar-refractivity contribution in [3.05, 3.63) is 0 Å². The van der Waals surface area contributed by atoms with Gasteiger partial charge < -0.3 is 49.6 Å². The number of hydrogen-bond acceptors (Lipinski definition) is 12. The molecule has 0 bridgehead atoms. The van der Waals surface area contributed by atoms with Crippen LogP contribution in [0.4, 0.5) is 0 Å². The zero-order chi connectivity index (χ0) is 21.6. The van der Waals surface area contributed by atoms with E-state index in [1.54, 1.807) is 0 Å². The molecule has 0 aromatic heterocycles. The molecule has 6 N–H and O–H groups in total. The average Bonchev–Trinajstić information content (AvgIpc) is 2.72. The van der Waals surface area contributed by atoms with Crippen LogP contribution in [-0.4, -0.2) is 117 Å². The molecule has 0 aromatic carbocycles. The second-order valence-corrected chi connectivity index (χ2v) is 7.97. The number of thiol groups is 2. The molecule has 2 saturated heterocycles. The molecule has 0 saturated carbocycles. The number of aliphatic hydroxyl groups is 6. The molecule has 0 spiro atoms. The lowest BCUT2D eigenvalue weighted by Crippen LogP contribution is -2.64. The first-order chi connectivity index (χ1) is 13.8. The Balaban J connectivity index is 1.98. The molecule has 12 heteroatoms. The summed E-state index contributed by atoms with van der Waals surface area (Å²) < 4.78 is 22.0. The Hall–Kier alpha value is 0.300. The molecule has 2 fully saturated rings. The largest absolute Gasteiger partial charge is 0.394 e. The van der Waals surface area contributed by atoms with Crippen LogP contribution in [0, 0.1) is 0 Å². The van der Waals surface area contributed by atoms with Gasteiger partial charge in [-0.25, -0.2) is 0 Å². The van der Waals surface area contributed by atoms with Crippen molar-refractivity contribution in [3.8, 4) is 0 Å². The van der Waals surface area contributed by atoms with E-state index in [9.17, 15) is 30.6 Å². The lowest BCUT2D eigenvalue weighted by molar-refractivity contribution is -0.356. The summed E-state index contributed by atoms with van der Waals surface area (Å²) in [6, 6.07) is 0. The first kappa shape index (κ1) is 25.6. The lowest BCUT2D eigenvalue weighted by atomic mass is 9.97. The summed E-state index contributed by atoms with van der Waals surface area (Å²) in [4.78, 5) is 0. The monoisotopic (exact) mass is 460 g/mol. The topological polar surface area (TPSA) is 158 Å². The van der Waals surface area contributed by atoms with Crippen LogP contribution >= 0.6 is 25.3 Å². The van der Waals surface area contributed by atoms with Crippen molar-refractivity contribution in [2.24, 2.45) is 0 Å². The highest BCUT2D eigenvalue weighted by molar-refractivity contribution is 7.80.